The molecule has 1 atom stereocenters. The van der Waals surface area contributed by atoms with Gasteiger partial charge in [0.1, 0.15) is 6.10 Å². The van der Waals surface area contributed by atoms with E-state index < -0.39 is 8.32 Å². The lowest BCUT2D eigenvalue weighted by molar-refractivity contribution is 0.227. The Balaban J connectivity index is 4.22. The van der Waals surface area contributed by atoms with Crippen LogP contribution in [0.5, 0.6) is 0 Å². The lowest BCUT2D eigenvalue weighted by atomic mass is 10.1. The van der Waals surface area contributed by atoms with Gasteiger partial charge in [0.25, 0.3) is 0 Å². The molecule has 0 heterocycles. The predicted octanol–water partition coefficient (Wildman–Crippen LogP) is 4.59. The summed E-state index contributed by atoms with van der Waals surface area (Å²) in [6.07, 6.45) is 10.4. The van der Waals surface area contributed by atoms with Crippen LogP contribution in [0.2, 0.25) is 18.1 Å². The maximum absolute atomic E-state index is 6.28. The number of terminal acetylenes is 1. The normalized spacial score (nSPS) is 13.4. The molecule has 0 aromatic heterocycles. The maximum atomic E-state index is 6.28. The van der Waals surface area contributed by atoms with Crippen molar-refractivity contribution in [3.63, 3.8) is 0 Å². The van der Waals surface area contributed by atoms with Crippen LogP contribution in [-0.4, -0.2) is 14.4 Å². The van der Waals surface area contributed by atoms with Crippen molar-refractivity contribution < 1.29 is 4.43 Å². The van der Waals surface area contributed by atoms with Gasteiger partial charge >= 0.3 is 0 Å². The standard InChI is InChI=1S/C14H28OSi/c1-6-11-12-13-14(7-2)15-16(8-3,9-4)10-5/h2,14H,6,8-13H2,1,3-5H3/t14-/m1/s1. The van der Waals surface area contributed by atoms with Crippen LogP contribution in [0.1, 0.15) is 53.4 Å². The molecule has 0 fully saturated rings. The molecule has 0 aromatic rings. The lowest BCUT2D eigenvalue weighted by Crippen LogP contribution is -2.39. The zero-order valence-corrected chi connectivity index (χ0v) is 12.5. The first-order valence-corrected chi connectivity index (χ1v) is 9.34. The highest BCUT2D eigenvalue weighted by molar-refractivity contribution is 6.73. The fourth-order valence-corrected chi connectivity index (χ4v) is 4.85. The minimum Gasteiger partial charge on any atom is -0.403 e. The molecule has 0 bridgehead atoms. The van der Waals surface area contributed by atoms with Crippen molar-refractivity contribution in [2.75, 3.05) is 0 Å². The minimum absolute atomic E-state index is 0.0677. The Morgan fingerprint density at radius 2 is 1.62 bits per heavy atom. The van der Waals surface area contributed by atoms with E-state index in [4.69, 9.17) is 10.8 Å². The molecule has 0 saturated carbocycles. The Bertz CT molecular complexity index is 195. The molecule has 0 rings (SSSR count). The summed E-state index contributed by atoms with van der Waals surface area (Å²) in [4.78, 5) is 0. The summed E-state index contributed by atoms with van der Waals surface area (Å²) in [5.41, 5.74) is 0. The zero-order chi connectivity index (χ0) is 12.4. The Morgan fingerprint density at radius 1 is 1.06 bits per heavy atom. The highest BCUT2D eigenvalue weighted by atomic mass is 28.4. The van der Waals surface area contributed by atoms with Crippen LogP contribution in [0.25, 0.3) is 0 Å². The van der Waals surface area contributed by atoms with Gasteiger partial charge in [0.15, 0.2) is 8.32 Å². The molecule has 0 amide bonds. The maximum Gasteiger partial charge on any atom is 0.193 e. The van der Waals surface area contributed by atoms with Gasteiger partial charge < -0.3 is 4.43 Å². The van der Waals surface area contributed by atoms with Crippen molar-refractivity contribution in [3.8, 4) is 12.3 Å². The monoisotopic (exact) mass is 240 g/mol. The summed E-state index contributed by atoms with van der Waals surface area (Å²) >= 11 is 0. The molecule has 1 nitrogen and oxygen atoms in total. The average molecular weight is 240 g/mol. The van der Waals surface area contributed by atoms with Crippen molar-refractivity contribution in [2.24, 2.45) is 0 Å². The van der Waals surface area contributed by atoms with Crippen molar-refractivity contribution in [1.29, 1.82) is 0 Å². The van der Waals surface area contributed by atoms with Crippen LogP contribution in [-0.2, 0) is 4.43 Å². The summed E-state index contributed by atoms with van der Waals surface area (Å²) in [6, 6.07) is 3.56. The van der Waals surface area contributed by atoms with E-state index >= 15 is 0 Å². The van der Waals surface area contributed by atoms with Gasteiger partial charge in [-0.15, -0.1) is 6.42 Å². The third-order valence-corrected chi connectivity index (χ3v) is 8.23. The van der Waals surface area contributed by atoms with Gasteiger partial charge in [-0.3, -0.25) is 0 Å². The molecule has 0 aliphatic rings. The highest BCUT2D eigenvalue weighted by Crippen LogP contribution is 2.24. The Hall–Kier alpha value is -0.263. The summed E-state index contributed by atoms with van der Waals surface area (Å²) < 4.78 is 6.28. The number of hydrogen-bond donors (Lipinski definition) is 0. The first-order valence-electron chi connectivity index (χ1n) is 6.81. The third-order valence-electron chi connectivity index (χ3n) is 3.58. The number of rotatable bonds is 9. The molecule has 94 valence electrons. The molecule has 0 radical (unpaired) electrons. The summed E-state index contributed by atoms with van der Waals surface area (Å²) in [7, 11) is -1.50. The van der Waals surface area contributed by atoms with E-state index in [1.807, 2.05) is 0 Å². The fourth-order valence-electron chi connectivity index (χ4n) is 2.06. The molecule has 16 heavy (non-hydrogen) atoms. The van der Waals surface area contributed by atoms with Gasteiger partial charge in [0.2, 0.25) is 0 Å². The second-order valence-electron chi connectivity index (χ2n) is 4.51. The van der Waals surface area contributed by atoms with Crippen molar-refractivity contribution >= 4 is 8.32 Å². The Morgan fingerprint density at radius 3 is 2.00 bits per heavy atom. The molecular weight excluding hydrogens is 212 g/mol. The smallest absolute Gasteiger partial charge is 0.193 e. The van der Waals surface area contributed by atoms with Crippen LogP contribution in [0, 0.1) is 12.3 Å². The van der Waals surface area contributed by atoms with E-state index in [9.17, 15) is 0 Å². The Labute approximate surface area is 103 Å². The quantitative estimate of drug-likeness (QED) is 0.325. The molecule has 0 unspecified atom stereocenters. The van der Waals surface area contributed by atoms with Crippen LogP contribution < -0.4 is 0 Å². The number of hydrogen-bond acceptors (Lipinski definition) is 1. The van der Waals surface area contributed by atoms with Gasteiger partial charge in [-0.25, -0.2) is 0 Å². The molecule has 0 saturated heterocycles. The molecule has 0 spiro atoms. The molecular formula is C14H28OSi. The van der Waals surface area contributed by atoms with E-state index in [0.717, 1.165) is 6.42 Å². The van der Waals surface area contributed by atoms with Gasteiger partial charge in [0, 0.05) is 0 Å². The molecule has 0 aromatic carbocycles. The topological polar surface area (TPSA) is 9.23 Å². The average Bonchev–Trinajstić information content (AvgIpc) is 2.34. The van der Waals surface area contributed by atoms with E-state index in [1.54, 1.807) is 0 Å². The largest absolute Gasteiger partial charge is 0.403 e. The second kappa shape index (κ2) is 8.84. The van der Waals surface area contributed by atoms with Gasteiger partial charge in [-0.2, -0.15) is 0 Å². The summed E-state index contributed by atoms with van der Waals surface area (Å²) in [5.74, 6) is 2.83. The fraction of sp³-hybridized carbons (Fsp3) is 0.857. The van der Waals surface area contributed by atoms with Crippen LogP contribution in [0.15, 0.2) is 0 Å². The van der Waals surface area contributed by atoms with Crippen LogP contribution in [0.3, 0.4) is 0 Å². The second-order valence-corrected chi connectivity index (χ2v) is 9.24. The van der Waals surface area contributed by atoms with E-state index in [1.165, 1.54) is 37.4 Å². The van der Waals surface area contributed by atoms with Crippen LogP contribution in [0.4, 0.5) is 0 Å². The van der Waals surface area contributed by atoms with Crippen molar-refractivity contribution in [2.45, 2.75) is 77.6 Å². The summed E-state index contributed by atoms with van der Waals surface area (Å²) in [5, 5.41) is 0. The van der Waals surface area contributed by atoms with Crippen molar-refractivity contribution in [3.05, 3.63) is 0 Å². The third kappa shape index (κ3) is 5.18. The van der Waals surface area contributed by atoms with Crippen LogP contribution >= 0.6 is 0 Å². The Kier molecular flexibility index (Phi) is 8.69. The zero-order valence-electron chi connectivity index (χ0n) is 11.5. The SMILES string of the molecule is C#C[C@H](CCCCC)O[Si](CC)(CC)CC. The van der Waals surface area contributed by atoms with E-state index in [2.05, 4.69) is 33.6 Å². The summed E-state index contributed by atoms with van der Waals surface area (Å²) in [6.45, 7) is 8.96. The van der Waals surface area contributed by atoms with Crippen molar-refractivity contribution in [1.82, 2.24) is 0 Å². The first-order chi connectivity index (χ1) is 7.67. The molecule has 0 aliphatic heterocycles. The van der Waals surface area contributed by atoms with Gasteiger partial charge in [-0.05, 0) is 31.0 Å². The number of unbranched alkanes of at least 4 members (excludes halogenated alkanes) is 2. The van der Waals surface area contributed by atoms with Gasteiger partial charge in [-0.1, -0.05) is 46.5 Å². The lowest BCUT2D eigenvalue weighted by Gasteiger charge is -2.31. The van der Waals surface area contributed by atoms with E-state index in [-0.39, 0.29) is 6.10 Å². The molecule has 0 N–H and O–H groups in total. The predicted molar refractivity (Wildman–Crippen MR) is 75.0 cm³/mol. The highest BCUT2D eigenvalue weighted by Gasteiger charge is 2.31. The molecule has 0 aliphatic carbocycles. The first kappa shape index (κ1) is 15.7. The van der Waals surface area contributed by atoms with E-state index in [0.29, 0.717) is 0 Å². The van der Waals surface area contributed by atoms with Gasteiger partial charge in [0.05, 0.1) is 0 Å². The molecule has 2 heteroatoms. The minimum atomic E-state index is -1.50.